The second-order valence-electron chi connectivity index (χ2n) is 4.71. The predicted molar refractivity (Wildman–Crippen MR) is 69.7 cm³/mol. The van der Waals surface area contributed by atoms with E-state index in [0.717, 1.165) is 13.8 Å². The second kappa shape index (κ2) is 8.03. The Bertz CT molecular complexity index is 429. The van der Waals surface area contributed by atoms with Crippen molar-refractivity contribution in [2.75, 3.05) is 6.61 Å². The number of aliphatic hydroxyl groups excluding tert-OH is 1. The lowest BCUT2D eigenvalue weighted by Crippen LogP contribution is -2.66. The average molecular weight is 320 g/mol. The molecule has 0 spiro atoms. The zero-order valence-electron chi connectivity index (χ0n) is 12.5. The van der Waals surface area contributed by atoms with E-state index in [1.165, 1.54) is 6.92 Å². The van der Waals surface area contributed by atoms with Gasteiger partial charge in [0.15, 0.2) is 18.5 Å². The van der Waals surface area contributed by atoms with Crippen molar-refractivity contribution in [3.05, 3.63) is 0 Å². The van der Waals surface area contributed by atoms with Gasteiger partial charge in [-0.15, -0.1) is 0 Å². The number of ether oxygens (including phenoxy) is 4. The first kappa shape index (κ1) is 18.3. The first-order chi connectivity index (χ1) is 10.3. The topological polar surface area (TPSA) is 146 Å². The SMILES string of the molecule is CC(=O)OCC1OC(O)C(NN)C(OC(C)=O)C1OC(C)=O. The van der Waals surface area contributed by atoms with E-state index in [4.69, 9.17) is 24.8 Å². The minimum absolute atomic E-state index is 0.292. The van der Waals surface area contributed by atoms with Crippen LogP contribution in [-0.4, -0.2) is 60.3 Å². The summed E-state index contributed by atoms with van der Waals surface area (Å²) in [4.78, 5) is 33.4. The number of esters is 3. The van der Waals surface area contributed by atoms with Gasteiger partial charge in [-0.05, 0) is 0 Å². The number of hydrogen-bond donors (Lipinski definition) is 3. The summed E-state index contributed by atoms with van der Waals surface area (Å²) in [5.74, 6) is 3.41. The number of hydrazine groups is 1. The zero-order valence-corrected chi connectivity index (χ0v) is 12.5. The molecule has 0 aromatic rings. The molecular formula is C12H20N2O8. The normalized spacial score (nSPS) is 31.2. The summed E-state index contributed by atoms with van der Waals surface area (Å²) >= 11 is 0. The Morgan fingerprint density at radius 3 is 2.09 bits per heavy atom. The minimum atomic E-state index is -1.46. The molecule has 1 heterocycles. The number of nitrogens with one attached hydrogen (secondary N) is 1. The van der Waals surface area contributed by atoms with E-state index in [2.05, 4.69) is 5.43 Å². The van der Waals surface area contributed by atoms with E-state index in [1.807, 2.05) is 0 Å². The molecule has 0 aromatic carbocycles. The lowest BCUT2D eigenvalue weighted by Gasteiger charge is -2.43. The molecule has 10 heteroatoms. The van der Waals surface area contributed by atoms with Crippen molar-refractivity contribution in [1.82, 2.24) is 5.43 Å². The molecule has 1 fully saturated rings. The van der Waals surface area contributed by atoms with Gasteiger partial charge in [-0.1, -0.05) is 0 Å². The van der Waals surface area contributed by atoms with E-state index in [1.54, 1.807) is 0 Å². The third-order valence-electron chi connectivity index (χ3n) is 2.91. The van der Waals surface area contributed by atoms with Gasteiger partial charge >= 0.3 is 17.9 Å². The van der Waals surface area contributed by atoms with Crippen molar-refractivity contribution in [2.45, 2.75) is 51.4 Å². The van der Waals surface area contributed by atoms with E-state index < -0.39 is 48.6 Å². The number of nitrogens with two attached hydrogens (primary N) is 1. The molecule has 1 rings (SSSR count). The maximum atomic E-state index is 11.3. The Morgan fingerprint density at radius 2 is 1.64 bits per heavy atom. The van der Waals surface area contributed by atoms with Crippen LogP contribution < -0.4 is 11.3 Å². The van der Waals surface area contributed by atoms with Crippen LogP contribution in [0, 0.1) is 0 Å². The second-order valence-corrected chi connectivity index (χ2v) is 4.71. The van der Waals surface area contributed by atoms with Crippen molar-refractivity contribution >= 4 is 17.9 Å². The molecule has 0 amide bonds. The molecule has 0 aliphatic carbocycles. The molecule has 5 unspecified atom stereocenters. The van der Waals surface area contributed by atoms with E-state index in [0.29, 0.717) is 0 Å². The van der Waals surface area contributed by atoms with Crippen LogP contribution in [0.25, 0.3) is 0 Å². The van der Waals surface area contributed by atoms with Crippen LogP contribution in [0.3, 0.4) is 0 Å². The first-order valence-electron chi connectivity index (χ1n) is 6.53. The van der Waals surface area contributed by atoms with Gasteiger partial charge in [-0.3, -0.25) is 20.2 Å². The van der Waals surface area contributed by atoms with Crippen LogP contribution in [0.1, 0.15) is 20.8 Å². The van der Waals surface area contributed by atoms with Gasteiger partial charge in [0.25, 0.3) is 0 Å². The van der Waals surface area contributed by atoms with Crippen LogP contribution >= 0.6 is 0 Å². The van der Waals surface area contributed by atoms with Gasteiger partial charge < -0.3 is 24.1 Å². The van der Waals surface area contributed by atoms with Crippen molar-refractivity contribution < 1.29 is 38.4 Å². The highest BCUT2D eigenvalue weighted by atomic mass is 16.7. The van der Waals surface area contributed by atoms with Crippen molar-refractivity contribution in [1.29, 1.82) is 0 Å². The fraction of sp³-hybridized carbons (Fsp3) is 0.750. The number of carbonyl (C=O) groups excluding carboxylic acids is 3. The zero-order chi connectivity index (χ0) is 16.9. The lowest BCUT2D eigenvalue weighted by molar-refractivity contribution is -0.265. The molecule has 126 valence electrons. The summed E-state index contributed by atoms with van der Waals surface area (Å²) < 4.78 is 20.2. The van der Waals surface area contributed by atoms with Crippen LogP contribution in [0.15, 0.2) is 0 Å². The minimum Gasteiger partial charge on any atom is -0.463 e. The molecule has 4 N–H and O–H groups in total. The smallest absolute Gasteiger partial charge is 0.303 e. The van der Waals surface area contributed by atoms with Gasteiger partial charge in [0, 0.05) is 20.8 Å². The fourth-order valence-electron chi connectivity index (χ4n) is 2.10. The largest absolute Gasteiger partial charge is 0.463 e. The van der Waals surface area contributed by atoms with E-state index in [9.17, 15) is 19.5 Å². The number of aliphatic hydroxyl groups is 1. The third-order valence-corrected chi connectivity index (χ3v) is 2.91. The summed E-state index contributed by atoms with van der Waals surface area (Å²) in [7, 11) is 0. The molecular weight excluding hydrogens is 300 g/mol. The maximum Gasteiger partial charge on any atom is 0.303 e. The van der Waals surface area contributed by atoms with Crippen LogP contribution in [-0.2, 0) is 33.3 Å². The predicted octanol–water partition coefficient (Wildman–Crippen LogP) is -2.04. The Labute approximate surface area is 126 Å². The summed E-state index contributed by atoms with van der Waals surface area (Å²) in [6, 6.07) is -1.03. The molecule has 1 aliphatic rings. The van der Waals surface area contributed by atoms with Gasteiger partial charge in [-0.25, -0.2) is 5.43 Å². The quantitative estimate of drug-likeness (QED) is 0.224. The van der Waals surface area contributed by atoms with Crippen molar-refractivity contribution in [2.24, 2.45) is 5.84 Å². The highest BCUT2D eigenvalue weighted by Crippen LogP contribution is 2.25. The molecule has 1 saturated heterocycles. The summed E-state index contributed by atoms with van der Waals surface area (Å²) in [6.07, 6.45) is -4.70. The molecule has 1 aliphatic heterocycles. The first-order valence-corrected chi connectivity index (χ1v) is 6.53. The highest BCUT2D eigenvalue weighted by molar-refractivity contribution is 5.67. The standard InChI is InChI=1S/C12H20N2O8/c1-5(15)19-4-8-10(20-6(2)16)11(21-7(3)17)9(14-13)12(18)22-8/h8-12,14,18H,4,13H2,1-3H3. The summed E-state index contributed by atoms with van der Waals surface area (Å²) in [6.45, 7) is 3.21. The number of hydrogen-bond acceptors (Lipinski definition) is 10. The molecule has 5 atom stereocenters. The van der Waals surface area contributed by atoms with Gasteiger partial charge in [0.1, 0.15) is 18.8 Å². The van der Waals surface area contributed by atoms with Gasteiger partial charge in [0.2, 0.25) is 0 Å². The monoisotopic (exact) mass is 320 g/mol. The number of carbonyl (C=O) groups is 3. The van der Waals surface area contributed by atoms with Gasteiger partial charge in [-0.2, -0.15) is 0 Å². The maximum absolute atomic E-state index is 11.3. The van der Waals surface area contributed by atoms with Crippen LogP contribution in [0.2, 0.25) is 0 Å². The fourth-order valence-corrected chi connectivity index (χ4v) is 2.10. The highest BCUT2D eigenvalue weighted by Gasteiger charge is 2.49. The average Bonchev–Trinajstić information content (AvgIpc) is 2.39. The van der Waals surface area contributed by atoms with Crippen LogP contribution in [0.4, 0.5) is 0 Å². The Hall–Kier alpha value is -1.75. The van der Waals surface area contributed by atoms with Crippen LogP contribution in [0.5, 0.6) is 0 Å². The van der Waals surface area contributed by atoms with E-state index >= 15 is 0 Å². The molecule has 0 saturated carbocycles. The van der Waals surface area contributed by atoms with Crippen molar-refractivity contribution in [3.63, 3.8) is 0 Å². The van der Waals surface area contributed by atoms with Gasteiger partial charge in [0.05, 0.1) is 0 Å². The lowest BCUT2D eigenvalue weighted by atomic mass is 9.97. The Morgan fingerprint density at radius 1 is 1.09 bits per heavy atom. The summed E-state index contributed by atoms with van der Waals surface area (Å²) in [5, 5.41) is 9.90. The van der Waals surface area contributed by atoms with E-state index in [-0.39, 0.29) is 6.61 Å². The molecule has 0 aromatic heterocycles. The third kappa shape index (κ3) is 4.91. The van der Waals surface area contributed by atoms with Crippen molar-refractivity contribution in [3.8, 4) is 0 Å². The Kier molecular flexibility index (Phi) is 6.68. The molecule has 0 bridgehead atoms. The Balaban J connectivity index is 3.01. The molecule has 10 nitrogen and oxygen atoms in total. The molecule has 22 heavy (non-hydrogen) atoms. The number of rotatable bonds is 5. The molecule has 0 radical (unpaired) electrons. The summed E-state index contributed by atoms with van der Waals surface area (Å²) in [5.41, 5.74) is 2.25.